The smallest absolute Gasteiger partial charge is 0.249 e. The lowest BCUT2D eigenvalue weighted by Crippen LogP contribution is -2.43. The minimum atomic E-state index is -0.515. The second kappa shape index (κ2) is 13.6. The van der Waals surface area contributed by atoms with E-state index in [1.54, 1.807) is 43.5 Å². The number of benzene rings is 3. The predicted molar refractivity (Wildman–Crippen MR) is 133 cm³/mol. The lowest BCUT2D eigenvalue weighted by Gasteiger charge is -2.22. The fourth-order valence-corrected chi connectivity index (χ4v) is 3.25. The summed E-state index contributed by atoms with van der Waals surface area (Å²) in [5, 5.41) is 5.19. The van der Waals surface area contributed by atoms with Crippen molar-refractivity contribution in [1.82, 2.24) is 10.2 Å². The summed E-state index contributed by atoms with van der Waals surface area (Å²) < 4.78 is 23.9. The Kier molecular flexibility index (Phi) is 9.96. The maximum Gasteiger partial charge on any atom is 0.249 e. The second-order valence-electron chi connectivity index (χ2n) is 7.91. The van der Waals surface area contributed by atoms with Gasteiger partial charge in [0.25, 0.3) is 0 Å². The summed E-state index contributed by atoms with van der Waals surface area (Å²) in [4.78, 5) is 38.9. The van der Waals surface area contributed by atoms with Crippen molar-refractivity contribution in [2.45, 2.75) is 13.2 Å². The van der Waals surface area contributed by atoms with Crippen LogP contribution in [0.25, 0.3) is 0 Å². The van der Waals surface area contributed by atoms with Crippen molar-refractivity contribution in [3.63, 3.8) is 0 Å². The molecule has 36 heavy (non-hydrogen) atoms. The minimum absolute atomic E-state index is 0.0826. The molecule has 0 aliphatic heterocycles. The van der Waals surface area contributed by atoms with Crippen LogP contribution in [0.2, 0.25) is 0 Å². The standard InChI is InChI=1S/C27H28FN3O5/c1-35-24-13-11-23(12-14-24)30-25(32)15-29-26(33)17-31(16-20-7-9-22(28)10-8-20)27(34)19-36-18-21-5-3-2-4-6-21/h2-14H,15-19H2,1H3,(H,29,33)(H,30,32). The third-order valence-corrected chi connectivity index (χ3v) is 5.13. The van der Waals surface area contributed by atoms with Crippen LogP contribution in [0.3, 0.4) is 0 Å². The van der Waals surface area contributed by atoms with Crippen molar-refractivity contribution in [2.75, 3.05) is 32.1 Å². The summed E-state index contributed by atoms with van der Waals surface area (Å²) in [5.41, 5.74) is 2.12. The van der Waals surface area contributed by atoms with E-state index in [4.69, 9.17) is 9.47 Å². The Balaban J connectivity index is 1.53. The molecule has 9 heteroatoms. The number of hydrogen-bond donors (Lipinski definition) is 2. The fourth-order valence-electron chi connectivity index (χ4n) is 3.25. The van der Waals surface area contributed by atoms with E-state index in [0.29, 0.717) is 17.0 Å². The first-order valence-electron chi connectivity index (χ1n) is 11.3. The minimum Gasteiger partial charge on any atom is -0.497 e. The molecule has 0 unspecified atom stereocenters. The summed E-state index contributed by atoms with van der Waals surface area (Å²) in [6.45, 7) is -0.468. The van der Waals surface area contributed by atoms with Gasteiger partial charge in [0, 0.05) is 12.2 Å². The maximum absolute atomic E-state index is 13.3. The molecule has 0 heterocycles. The molecule has 3 aromatic carbocycles. The predicted octanol–water partition coefficient (Wildman–Crippen LogP) is 3.13. The van der Waals surface area contributed by atoms with Gasteiger partial charge in [0.2, 0.25) is 17.7 Å². The van der Waals surface area contributed by atoms with Crippen LogP contribution in [0, 0.1) is 5.82 Å². The molecule has 0 saturated carbocycles. The summed E-state index contributed by atoms with van der Waals surface area (Å²) in [5.74, 6) is -1.09. The Morgan fingerprint density at radius 3 is 2.22 bits per heavy atom. The van der Waals surface area contributed by atoms with E-state index in [9.17, 15) is 18.8 Å². The van der Waals surface area contributed by atoms with Crippen molar-refractivity contribution >= 4 is 23.4 Å². The number of halogens is 1. The van der Waals surface area contributed by atoms with Crippen molar-refractivity contribution in [3.8, 4) is 5.75 Å². The van der Waals surface area contributed by atoms with Crippen LogP contribution < -0.4 is 15.4 Å². The van der Waals surface area contributed by atoms with Gasteiger partial charge in [-0.25, -0.2) is 4.39 Å². The van der Waals surface area contributed by atoms with Gasteiger partial charge in [-0.15, -0.1) is 0 Å². The highest BCUT2D eigenvalue weighted by molar-refractivity contribution is 5.95. The highest BCUT2D eigenvalue weighted by Gasteiger charge is 2.19. The second-order valence-corrected chi connectivity index (χ2v) is 7.91. The number of hydrogen-bond acceptors (Lipinski definition) is 5. The zero-order valence-electron chi connectivity index (χ0n) is 19.9. The molecule has 0 aliphatic carbocycles. The largest absolute Gasteiger partial charge is 0.497 e. The molecule has 0 aromatic heterocycles. The molecule has 0 saturated heterocycles. The van der Waals surface area contributed by atoms with Gasteiger partial charge in [0.05, 0.1) is 26.8 Å². The zero-order valence-corrected chi connectivity index (χ0v) is 19.9. The first kappa shape index (κ1) is 26.4. The van der Waals surface area contributed by atoms with Crippen LogP contribution in [0.1, 0.15) is 11.1 Å². The van der Waals surface area contributed by atoms with Gasteiger partial charge in [-0.2, -0.15) is 0 Å². The van der Waals surface area contributed by atoms with Crippen LogP contribution in [0.15, 0.2) is 78.9 Å². The van der Waals surface area contributed by atoms with E-state index in [0.717, 1.165) is 5.56 Å². The lowest BCUT2D eigenvalue weighted by atomic mass is 10.2. The van der Waals surface area contributed by atoms with Gasteiger partial charge in [0.1, 0.15) is 18.2 Å². The Morgan fingerprint density at radius 2 is 1.56 bits per heavy atom. The van der Waals surface area contributed by atoms with E-state index in [1.807, 2.05) is 30.3 Å². The van der Waals surface area contributed by atoms with E-state index in [2.05, 4.69) is 10.6 Å². The number of carbonyl (C=O) groups is 3. The molecule has 0 spiro atoms. The lowest BCUT2D eigenvalue weighted by molar-refractivity contribution is -0.141. The first-order chi connectivity index (χ1) is 17.4. The van der Waals surface area contributed by atoms with Crippen molar-refractivity contribution in [2.24, 2.45) is 0 Å². The average molecular weight is 494 g/mol. The summed E-state index contributed by atoms with van der Waals surface area (Å²) in [7, 11) is 1.54. The normalized spacial score (nSPS) is 10.4. The van der Waals surface area contributed by atoms with Gasteiger partial charge in [-0.05, 0) is 47.5 Å². The van der Waals surface area contributed by atoms with E-state index in [1.165, 1.54) is 17.0 Å². The van der Waals surface area contributed by atoms with Gasteiger partial charge >= 0.3 is 0 Å². The van der Waals surface area contributed by atoms with Crippen LogP contribution in [-0.4, -0.2) is 49.4 Å². The Morgan fingerprint density at radius 1 is 0.861 bits per heavy atom. The third kappa shape index (κ3) is 8.84. The molecular weight excluding hydrogens is 465 g/mol. The average Bonchev–Trinajstić information content (AvgIpc) is 2.89. The summed E-state index contributed by atoms with van der Waals surface area (Å²) in [6.07, 6.45) is 0. The molecule has 2 N–H and O–H groups in total. The molecule has 0 fully saturated rings. The third-order valence-electron chi connectivity index (χ3n) is 5.13. The van der Waals surface area contributed by atoms with Gasteiger partial charge in [-0.3, -0.25) is 14.4 Å². The number of nitrogens with zero attached hydrogens (tertiary/aromatic N) is 1. The molecule has 188 valence electrons. The quantitative estimate of drug-likeness (QED) is 0.404. The number of amides is 3. The highest BCUT2D eigenvalue weighted by atomic mass is 19.1. The highest BCUT2D eigenvalue weighted by Crippen LogP contribution is 2.14. The first-order valence-corrected chi connectivity index (χ1v) is 11.3. The van der Waals surface area contributed by atoms with Crippen molar-refractivity contribution in [3.05, 3.63) is 95.8 Å². The van der Waals surface area contributed by atoms with Crippen LogP contribution in [-0.2, 0) is 32.3 Å². The Hall–Kier alpha value is -4.24. The molecule has 3 aromatic rings. The topological polar surface area (TPSA) is 97.0 Å². The van der Waals surface area contributed by atoms with Crippen molar-refractivity contribution in [1.29, 1.82) is 0 Å². The van der Waals surface area contributed by atoms with Gasteiger partial charge in [0.15, 0.2) is 0 Å². The molecule has 3 amide bonds. The van der Waals surface area contributed by atoms with Crippen LogP contribution in [0.5, 0.6) is 5.75 Å². The SMILES string of the molecule is COc1ccc(NC(=O)CNC(=O)CN(Cc2ccc(F)cc2)C(=O)COCc2ccccc2)cc1. The summed E-state index contributed by atoms with van der Waals surface area (Å²) in [6, 6.07) is 21.8. The van der Waals surface area contributed by atoms with E-state index >= 15 is 0 Å². The molecule has 0 aliphatic rings. The number of nitrogens with one attached hydrogen (secondary N) is 2. The van der Waals surface area contributed by atoms with E-state index < -0.39 is 23.5 Å². The molecule has 0 atom stereocenters. The van der Waals surface area contributed by atoms with Gasteiger partial charge < -0.3 is 25.0 Å². The fraction of sp³-hybridized carbons (Fsp3) is 0.222. The number of carbonyl (C=O) groups excluding carboxylic acids is 3. The maximum atomic E-state index is 13.3. The monoisotopic (exact) mass is 493 g/mol. The molecular formula is C27H28FN3O5. The van der Waals surface area contributed by atoms with Crippen LogP contribution in [0.4, 0.5) is 10.1 Å². The van der Waals surface area contributed by atoms with Crippen molar-refractivity contribution < 1.29 is 28.2 Å². The Bertz CT molecular complexity index is 1140. The van der Waals surface area contributed by atoms with Crippen LogP contribution >= 0.6 is 0 Å². The van der Waals surface area contributed by atoms with Gasteiger partial charge in [-0.1, -0.05) is 42.5 Å². The molecule has 0 radical (unpaired) electrons. The summed E-state index contributed by atoms with van der Waals surface area (Å²) >= 11 is 0. The zero-order chi connectivity index (χ0) is 25.8. The number of ether oxygens (including phenoxy) is 2. The number of methoxy groups -OCH3 is 1. The molecule has 0 bridgehead atoms. The molecule has 3 rings (SSSR count). The molecule has 8 nitrogen and oxygen atoms in total. The number of rotatable bonds is 12. The number of anilines is 1. The van der Waals surface area contributed by atoms with E-state index in [-0.39, 0.29) is 32.8 Å². The Labute approximate surface area is 209 Å².